The molecule has 0 radical (unpaired) electrons. The minimum absolute atomic E-state index is 0.0268. The van der Waals surface area contributed by atoms with Gasteiger partial charge in [-0.15, -0.1) is 0 Å². The van der Waals surface area contributed by atoms with Gasteiger partial charge in [0.2, 0.25) is 0 Å². The fourth-order valence-electron chi connectivity index (χ4n) is 3.52. The second kappa shape index (κ2) is 7.66. The first-order valence-electron chi connectivity index (χ1n) is 9.01. The molecular formula is C20H22ClN3O3. The Bertz CT molecular complexity index is 852. The molecule has 0 aliphatic carbocycles. The molecule has 0 atom stereocenters. The van der Waals surface area contributed by atoms with Crippen LogP contribution < -0.4 is 24.6 Å². The predicted molar refractivity (Wildman–Crippen MR) is 106 cm³/mol. The lowest BCUT2D eigenvalue weighted by molar-refractivity contribution is -0.121. The number of halogens is 1. The van der Waals surface area contributed by atoms with Crippen LogP contribution in [0.5, 0.6) is 11.5 Å². The number of amides is 1. The second-order valence-corrected chi connectivity index (χ2v) is 7.07. The van der Waals surface area contributed by atoms with Crippen LogP contribution in [0.4, 0.5) is 11.4 Å². The summed E-state index contributed by atoms with van der Waals surface area (Å²) >= 11 is 6.11. The van der Waals surface area contributed by atoms with E-state index >= 15 is 0 Å². The van der Waals surface area contributed by atoms with E-state index in [1.807, 2.05) is 36.4 Å². The van der Waals surface area contributed by atoms with Crippen molar-refractivity contribution in [2.24, 2.45) is 0 Å². The van der Waals surface area contributed by atoms with Gasteiger partial charge >= 0.3 is 0 Å². The van der Waals surface area contributed by atoms with Crippen molar-refractivity contribution in [2.75, 3.05) is 49.7 Å². The van der Waals surface area contributed by atoms with Crippen LogP contribution in [-0.2, 0) is 11.3 Å². The normalized spacial score (nSPS) is 16.7. The second-order valence-electron chi connectivity index (χ2n) is 6.63. The number of hydrogen-bond acceptors (Lipinski definition) is 5. The Morgan fingerprint density at radius 3 is 2.70 bits per heavy atom. The lowest BCUT2D eigenvalue weighted by Crippen LogP contribution is -2.44. The molecule has 2 aliphatic heterocycles. The molecular weight excluding hydrogens is 366 g/mol. The molecule has 27 heavy (non-hydrogen) atoms. The van der Waals surface area contributed by atoms with E-state index in [1.165, 1.54) is 0 Å². The van der Waals surface area contributed by atoms with Crippen molar-refractivity contribution >= 4 is 28.9 Å². The highest BCUT2D eigenvalue weighted by Crippen LogP contribution is 2.44. The molecule has 7 heteroatoms. The number of ether oxygens (including phenoxy) is 2. The summed E-state index contributed by atoms with van der Waals surface area (Å²) in [7, 11) is 1.63. The number of benzene rings is 2. The van der Waals surface area contributed by atoms with Crippen LogP contribution >= 0.6 is 11.6 Å². The van der Waals surface area contributed by atoms with Crippen LogP contribution in [0.2, 0.25) is 5.02 Å². The van der Waals surface area contributed by atoms with Crippen molar-refractivity contribution in [3.63, 3.8) is 0 Å². The van der Waals surface area contributed by atoms with Crippen molar-refractivity contribution in [3.8, 4) is 11.5 Å². The van der Waals surface area contributed by atoms with Gasteiger partial charge in [0.05, 0.1) is 25.0 Å². The number of nitrogens with zero attached hydrogens (tertiary/aromatic N) is 2. The van der Waals surface area contributed by atoms with E-state index in [9.17, 15) is 4.79 Å². The number of carbonyl (C=O) groups is 1. The molecule has 0 aromatic heterocycles. The number of hydrogen-bond donors (Lipinski definition) is 1. The minimum Gasteiger partial charge on any atom is -0.497 e. The number of fused-ring (bicyclic) bond motifs is 1. The van der Waals surface area contributed by atoms with Gasteiger partial charge in [-0.05, 0) is 17.7 Å². The maximum absolute atomic E-state index is 12.6. The van der Waals surface area contributed by atoms with E-state index in [0.29, 0.717) is 17.3 Å². The summed E-state index contributed by atoms with van der Waals surface area (Å²) in [5.41, 5.74) is 2.67. The molecule has 2 aromatic rings. The van der Waals surface area contributed by atoms with Crippen LogP contribution in [0.25, 0.3) is 0 Å². The van der Waals surface area contributed by atoms with Gasteiger partial charge in [0, 0.05) is 43.3 Å². The van der Waals surface area contributed by atoms with Gasteiger partial charge in [0.1, 0.15) is 5.75 Å². The van der Waals surface area contributed by atoms with Crippen LogP contribution in [0, 0.1) is 0 Å². The quantitative estimate of drug-likeness (QED) is 0.874. The Morgan fingerprint density at radius 2 is 1.96 bits per heavy atom. The monoisotopic (exact) mass is 387 g/mol. The predicted octanol–water partition coefficient (Wildman–Crippen LogP) is 2.68. The molecule has 0 bridgehead atoms. The molecule has 2 aromatic carbocycles. The van der Waals surface area contributed by atoms with Crippen LogP contribution in [-0.4, -0.2) is 45.8 Å². The molecule has 1 saturated heterocycles. The average Bonchev–Trinajstić information content (AvgIpc) is 2.70. The largest absolute Gasteiger partial charge is 0.497 e. The Hall–Kier alpha value is -2.44. The maximum Gasteiger partial charge on any atom is 0.265 e. The van der Waals surface area contributed by atoms with Crippen molar-refractivity contribution in [1.29, 1.82) is 0 Å². The van der Waals surface area contributed by atoms with Crippen LogP contribution in [0.1, 0.15) is 5.56 Å². The molecule has 0 saturated carbocycles. The van der Waals surface area contributed by atoms with Gasteiger partial charge in [0.15, 0.2) is 12.4 Å². The van der Waals surface area contributed by atoms with Gasteiger partial charge in [-0.3, -0.25) is 4.79 Å². The van der Waals surface area contributed by atoms with E-state index in [2.05, 4.69) is 10.2 Å². The molecule has 0 spiro atoms. The fraction of sp³-hybridized carbons (Fsp3) is 0.350. The first kappa shape index (κ1) is 17.9. The van der Waals surface area contributed by atoms with E-state index in [4.69, 9.17) is 21.1 Å². The summed E-state index contributed by atoms with van der Waals surface area (Å²) in [5.74, 6) is 1.36. The van der Waals surface area contributed by atoms with E-state index in [-0.39, 0.29) is 12.5 Å². The average molecular weight is 388 g/mol. The Balaban J connectivity index is 1.75. The van der Waals surface area contributed by atoms with Gasteiger partial charge < -0.3 is 24.6 Å². The summed E-state index contributed by atoms with van der Waals surface area (Å²) < 4.78 is 11.4. The van der Waals surface area contributed by atoms with Crippen LogP contribution in [0.15, 0.2) is 36.4 Å². The van der Waals surface area contributed by atoms with Crippen molar-refractivity contribution < 1.29 is 14.3 Å². The fourth-order valence-corrected chi connectivity index (χ4v) is 3.73. The smallest absolute Gasteiger partial charge is 0.265 e. The first-order valence-corrected chi connectivity index (χ1v) is 9.39. The first-order chi connectivity index (χ1) is 13.2. The number of methoxy groups -OCH3 is 1. The number of rotatable bonds is 4. The maximum atomic E-state index is 12.6. The van der Waals surface area contributed by atoms with E-state index in [0.717, 1.165) is 48.9 Å². The molecule has 1 N–H and O–H groups in total. The number of nitrogens with one attached hydrogen (secondary N) is 1. The summed E-state index contributed by atoms with van der Waals surface area (Å²) in [6.45, 7) is 4.05. The SMILES string of the molecule is COc1cc(N2CCNCC2)c2c(c1)N(Cc1cccc(Cl)c1)C(=O)CO2. The van der Waals surface area contributed by atoms with Crippen molar-refractivity contribution in [3.05, 3.63) is 47.0 Å². The zero-order chi connectivity index (χ0) is 18.8. The lowest BCUT2D eigenvalue weighted by Gasteiger charge is -2.36. The standard InChI is InChI=1S/C20H22ClN3O3/c1-26-16-10-17(23-7-5-22-6-8-23)20-18(11-16)24(19(25)13-27-20)12-14-3-2-4-15(21)9-14/h2-4,9-11,22H,5-8,12-13H2,1H3. The molecule has 2 aliphatic rings. The van der Waals surface area contributed by atoms with Crippen LogP contribution in [0.3, 0.4) is 0 Å². The van der Waals surface area contributed by atoms with Crippen molar-refractivity contribution in [2.45, 2.75) is 6.54 Å². The molecule has 142 valence electrons. The van der Waals surface area contributed by atoms with Gasteiger partial charge in [-0.2, -0.15) is 0 Å². The summed E-state index contributed by atoms with van der Waals surface area (Å²) in [6, 6.07) is 11.4. The summed E-state index contributed by atoms with van der Waals surface area (Å²) in [5, 5.41) is 4.01. The highest BCUT2D eigenvalue weighted by atomic mass is 35.5. The third-order valence-corrected chi connectivity index (χ3v) is 5.11. The Kier molecular flexibility index (Phi) is 5.09. The summed E-state index contributed by atoms with van der Waals surface area (Å²) in [6.07, 6.45) is 0. The highest BCUT2D eigenvalue weighted by Gasteiger charge is 2.30. The molecule has 1 fully saturated rings. The summed E-state index contributed by atoms with van der Waals surface area (Å²) in [4.78, 5) is 16.7. The van der Waals surface area contributed by atoms with Gasteiger partial charge in [0.25, 0.3) is 5.91 Å². The molecule has 1 amide bonds. The minimum atomic E-state index is -0.0815. The topological polar surface area (TPSA) is 54.0 Å². The zero-order valence-electron chi connectivity index (χ0n) is 15.2. The Morgan fingerprint density at radius 1 is 1.19 bits per heavy atom. The third-order valence-electron chi connectivity index (χ3n) is 4.88. The van der Waals surface area contributed by atoms with Gasteiger partial charge in [-0.1, -0.05) is 23.7 Å². The molecule has 0 unspecified atom stereocenters. The van der Waals surface area contributed by atoms with E-state index < -0.39 is 0 Å². The Labute approximate surface area is 163 Å². The lowest BCUT2D eigenvalue weighted by atomic mass is 10.1. The zero-order valence-corrected chi connectivity index (χ0v) is 16.0. The highest BCUT2D eigenvalue weighted by molar-refractivity contribution is 6.30. The third kappa shape index (κ3) is 3.68. The molecule has 4 rings (SSSR count). The number of carbonyl (C=O) groups excluding carboxylic acids is 1. The number of piperazine rings is 1. The van der Waals surface area contributed by atoms with Gasteiger partial charge in [-0.25, -0.2) is 0 Å². The molecule has 2 heterocycles. The number of anilines is 2. The molecule has 6 nitrogen and oxygen atoms in total. The van der Waals surface area contributed by atoms with Crippen molar-refractivity contribution in [1.82, 2.24) is 5.32 Å². The van der Waals surface area contributed by atoms with E-state index in [1.54, 1.807) is 12.0 Å².